The Labute approximate surface area is 157 Å². The highest BCUT2D eigenvalue weighted by Gasteiger charge is 2.34. The van der Waals surface area contributed by atoms with Crippen LogP contribution in [0.4, 0.5) is 5.13 Å². The third kappa shape index (κ3) is 4.09. The molecule has 2 atom stereocenters. The summed E-state index contributed by atoms with van der Waals surface area (Å²) in [4.78, 5) is 10.7. The van der Waals surface area contributed by atoms with Crippen LogP contribution in [0.2, 0.25) is 0 Å². The number of hydrogen-bond acceptors (Lipinski definition) is 8. The van der Waals surface area contributed by atoms with Crippen molar-refractivity contribution < 1.29 is 14.0 Å². The molecule has 2 aliphatic heterocycles. The van der Waals surface area contributed by atoms with E-state index in [0.29, 0.717) is 5.92 Å². The van der Waals surface area contributed by atoms with Crippen LogP contribution in [0.15, 0.2) is 16.8 Å². The second kappa shape index (κ2) is 8.04. The van der Waals surface area contributed by atoms with Crippen LogP contribution in [0.25, 0.3) is 0 Å². The van der Waals surface area contributed by atoms with Crippen molar-refractivity contribution in [3.05, 3.63) is 28.6 Å². The number of hydrogen-bond donors (Lipinski definition) is 0. The molecule has 4 heterocycles. The molecule has 7 nitrogen and oxygen atoms in total. The summed E-state index contributed by atoms with van der Waals surface area (Å²) in [6.45, 7) is 8.27. The van der Waals surface area contributed by atoms with E-state index in [1.54, 1.807) is 18.4 Å². The topological polar surface area (TPSA) is 63.9 Å². The van der Waals surface area contributed by atoms with Crippen molar-refractivity contribution in [2.75, 3.05) is 51.4 Å². The van der Waals surface area contributed by atoms with Crippen molar-refractivity contribution in [1.82, 2.24) is 15.0 Å². The molecule has 2 aliphatic rings. The summed E-state index contributed by atoms with van der Waals surface area (Å²) in [6.07, 6.45) is 3.12. The molecule has 26 heavy (non-hydrogen) atoms. The molecule has 0 spiro atoms. The van der Waals surface area contributed by atoms with E-state index >= 15 is 0 Å². The number of ether oxygens (including phenoxy) is 2. The summed E-state index contributed by atoms with van der Waals surface area (Å²) < 4.78 is 16.6. The average Bonchev–Trinajstić information content (AvgIpc) is 3.37. The van der Waals surface area contributed by atoms with Gasteiger partial charge in [0.1, 0.15) is 5.76 Å². The van der Waals surface area contributed by atoms with E-state index in [1.165, 1.54) is 4.88 Å². The molecule has 0 radical (unpaired) electrons. The normalized spacial score (nSPS) is 24.5. The van der Waals surface area contributed by atoms with Gasteiger partial charge < -0.3 is 18.9 Å². The molecule has 2 saturated heterocycles. The molecular formula is C18H26N4O3S. The van der Waals surface area contributed by atoms with Crippen molar-refractivity contribution in [3.8, 4) is 0 Å². The first-order chi connectivity index (χ1) is 12.7. The molecule has 8 heteroatoms. The lowest BCUT2D eigenvalue weighted by Crippen LogP contribution is -2.36. The number of anilines is 1. The van der Waals surface area contributed by atoms with Crippen molar-refractivity contribution >= 4 is 16.5 Å². The minimum atomic E-state index is 0.229. The standard InChI is InChI=1S/C18H26N4O3S/c1-13-7-15(25-20-13)8-14-10-21(12-17(14)23-2)11-16-9-19-18(26-16)22-3-5-24-6-4-22/h7,9,14,17H,3-6,8,10-12H2,1-2H3/t14-,17+/m1/s1. The zero-order chi connectivity index (χ0) is 17.9. The first-order valence-electron chi connectivity index (χ1n) is 9.16. The molecule has 0 N–H and O–H groups in total. The second-order valence-corrected chi connectivity index (χ2v) is 8.17. The van der Waals surface area contributed by atoms with E-state index in [4.69, 9.17) is 14.0 Å². The van der Waals surface area contributed by atoms with Gasteiger partial charge in [-0.1, -0.05) is 5.16 Å². The second-order valence-electron chi connectivity index (χ2n) is 7.08. The van der Waals surface area contributed by atoms with Gasteiger partial charge in [0, 0.05) is 69.3 Å². The van der Waals surface area contributed by atoms with Crippen molar-refractivity contribution in [3.63, 3.8) is 0 Å². The Balaban J connectivity index is 1.35. The monoisotopic (exact) mass is 378 g/mol. The van der Waals surface area contributed by atoms with Gasteiger partial charge in [0.05, 0.1) is 25.0 Å². The summed E-state index contributed by atoms with van der Waals surface area (Å²) in [5.74, 6) is 1.38. The van der Waals surface area contributed by atoms with Gasteiger partial charge in [-0.2, -0.15) is 0 Å². The molecule has 4 rings (SSSR count). The fourth-order valence-corrected chi connectivity index (χ4v) is 4.79. The number of morpholine rings is 1. The van der Waals surface area contributed by atoms with Crippen LogP contribution in [0.5, 0.6) is 0 Å². The number of thiazole rings is 1. The van der Waals surface area contributed by atoms with Gasteiger partial charge in [0.25, 0.3) is 0 Å². The predicted molar refractivity (Wildman–Crippen MR) is 99.7 cm³/mol. The largest absolute Gasteiger partial charge is 0.380 e. The molecule has 0 aromatic carbocycles. The highest BCUT2D eigenvalue weighted by molar-refractivity contribution is 7.15. The van der Waals surface area contributed by atoms with E-state index in [-0.39, 0.29) is 6.10 Å². The molecule has 0 unspecified atom stereocenters. The molecule has 142 valence electrons. The van der Waals surface area contributed by atoms with Gasteiger partial charge in [0.2, 0.25) is 0 Å². The van der Waals surface area contributed by atoms with E-state index in [2.05, 4.69) is 19.9 Å². The lowest BCUT2D eigenvalue weighted by molar-refractivity contribution is 0.0762. The molecule has 0 amide bonds. The molecule has 2 fully saturated rings. The van der Waals surface area contributed by atoms with E-state index in [1.807, 2.05) is 19.2 Å². The molecule has 0 saturated carbocycles. The van der Waals surface area contributed by atoms with Crippen molar-refractivity contribution in [1.29, 1.82) is 0 Å². The first-order valence-corrected chi connectivity index (χ1v) is 9.97. The molecule has 2 aromatic heterocycles. The minimum Gasteiger partial charge on any atom is -0.380 e. The Morgan fingerprint density at radius 2 is 2.15 bits per heavy atom. The van der Waals surface area contributed by atoms with Crippen molar-refractivity contribution in [2.24, 2.45) is 5.92 Å². The zero-order valence-corrected chi connectivity index (χ0v) is 16.2. The van der Waals surface area contributed by atoms with E-state index < -0.39 is 0 Å². The number of aromatic nitrogens is 2. The summed E-state index contributed by atoms with van der Waals surface area (Å²) in [7, 11) is 1.80. The maximum atomic E-state index is 5.73. The van der Waals surface area contributed by atoms with E-state index in [0.717, 1.165) is 68.9 Å². The average molecular weight is 378 g/mol. The fraction of sp³-hybridized carbons (Fsp3) is 0.667. The fourth-order valence-electron chi connectivity index (χ4n) is 3.78. The van der Waals surface area contributed by atoms with Crippen LogP contribution in [0, 0.1) is 12.8 Å². The zero-order valence-electron chi connectivity index (χ0n) is 15.4. The van der Waals surface area contributed by atoms with Gasteiger partial charge in [-0.05, 0) is 6.92 Å². The number of likely N-dealkylation sites (tertiary alicyclic amines) is 1. The Bertz CT molecular complexity index is 713. The van der Waals surface area contributed by atoms with E-state index in [9.17, 15) is 0 Å². The predicted octanol–water partition coefficient (Wildman–Crippen LogP) is 1.97. The SMILES string of the molecule is CO[C@H]1CN(Cc2cnc(N3CCOCC3)s2)C[C@H]1Cc1cc(C)no1. The van der Waals surface area contributed by atoms with Crippen molar-refractivity contribution in [2.45, 2.75) is 26.0 Å². The van der Waals surface area contributed by atoms with Crippen LogP contribution >= 0.6 is 11.3 Å². The van der Waals surface area contributed by atoms with Gasteiger partial charge in [-0.15, -0.1) is 11.3 Å². The van der Waals surface area contributed by atoms with Crippen LogP contribution in [-0.2, 0) is 22.4 Å². The summed E-state index contributed by atoms with van der Waals surface area (Å²) >= 11 is 1.79. The Hall–Kier alpha value is -1.48. The molecular weight excluding hydrogens is 352 g/mol. The number of methoxy groups -OCH3 is 1. The maximum absolute atomic E-state index is 5.73. The smallest absolute Gasteiger partial charge is 0.185 e. The van der Waals surface area contributed by atoms with Crippen LogP contribution in [0.1, 0.15) is 16.3 Å². The van der Waals surface area contributed by atoms with Crippen LogP contribution in [0.3, 0.4) is 0 Å². The lowest BCUT2D eigenvalue weighted by Gasteiger charge is -2.26. The van der Waals surface area contributed by atoms with Crippen LogP contribution < -0.4 is 4.90 Å². The summed E-state index contributed by atoms with van der Waals surface area (Å²) in [5, 5.41) is 5.10. The highest BCUT2D eigenvalue weighted by Crippen LogP contribution is 2.29. The Morgan fingerprint density at radius 1 is 1.31 bits per heavy atom. The minimum absolute atomic E-state index is 0.229. The van der Waals surface area contributed by atoms with Gasteiger partial charge in [0.15, 0.2) is 5.13 Å². The number of rotatable bonds is 6. The number of aryl methyl sites for hydroxylation is 1. The van der Waals surface area contributed by atoms with Gasteiger partial charge >= 0.3 is 0 Å². The summed E-state index contributed by atoms with van der Waals surface area (Å²) in [5.41, 5.74) is 0.934. The summed E-state index contributed by atoms with van der Waals surface area (Å²) in [6, 6.07) is 2.02. The first kappa shape index (κ1) is 17.9. The Morgan fingerprint density at radius 3 is 2.88 bits per heavy atom. The van der Waals surface area contributed by atoms with Crippen LogP contribution in [-0.4, -0.2) is 67.6 Å². The Kier molecular flexibility index (Phi) is 5.54. The third-order valence-corrected chi connectivity index (χ3v) is 6.14. The highest BCUT2D eigenvalue weighted by atomic mass is 32.1. The molecule has 0 aliphatic carbocycles. The van der Waals surface area contributed by atoms with Gasteiger partial charge in [-0.3, -0.25) is 4.90 Å². The molecule has 0 bridgehead atoms. The number of nitrogens with zero attached hydrogens (tertiary/aromatic N) is 4. The maximum Gasteiger partial charge on any atom is 0.185 e. The lowest BCUT2D eigenvalue weighted by atomic mass is 10.0. The van der Waals surface area contributed by atoms with Gasteiger partial charge in [-0.25, -0.2) is 4.98 Å². The third-order valence-electron chi connectivity index (χ3n) is 5.10. The molecule has 2 aromatic rings. The quantitative estimate of drug-likeness (QED) is 0.761.